The molecule has 7 nitrogen and oxygen atoms in total. The van der Waals surface area contributed by atoms with Crippen molar-refractivity contribution >= 4 is 11.2 Å². The average Bonchev–Trinajstić information content (AvgIpc) is 2.93. The molecule has 18 heavy (non-hydrogen) atoms. The Hall–Kier alpha value is -1.64. The minimum absolute atomic E-state index is 0.0584. The molecule has 3 atom stereocenters. The zero-order valence-electron chi connectivity index (χ0n) is 9.27. The van der Waals surface area contributed by atoms with Crippen LogP contribution in [0.25, 0.3) is 11.2 Å². The highest BCUT2D eigenvalue weighted by Crippen LogP contribution is 2.30. The number of aromatic nitrogens is 4. The van der Waals surface area contributed by atoms with E-state index in [1.165, 1.54) is 10.9 Å². The van der Waals surface area contributed by atoms with Crippen molar-refractivity contribution in [1.82, 2.24) is 19.5 Å². The Kier molecular flexibility index (Phi) is 2.69. The van der Waals surface area contributed by atoms with Gasteiger partial charge in [0, 0.05) is 6.42 Å². The molecule has 3 rings (SSSR count). The van der Waals surface area contributed by atoms with Crippen molar-refractivity contribution in [2.45, 2.75) is 24.9 Å². The van der Waals surface area contributed by atoms with Gasteiger partial charge in [-0.2, -0.15) is 4.39 Å². The van der Waals surface area contributed by atoms with Gasteiger partial charge >= 0.3 is 0 Å². The van der Waals surface area contributed by atoms with E-state index in [9.17, 15) is 9.50 Å². The molecule has 1 fully saturated rings. The molecular weight excluding hydrogens is 243 g/mol. The van der Waals surface area contributed by atoms with E-state index in [2.05, 4.69) is 15.0 Å². The van der Waals surface area contributed by atoms with Gasteiger partial charge in [-0.15, -0.1) is 0 Å². The maximum absolute atomic E-state index is 13.3. The Morgan fingerprint density at radius 2 is 2.28 bits per heavy atom. The molecule has 96 valence electrons. The molecule has 0 aliphatic carbocycles. The first kappa shape index (κ1) is 11.5. The summed E-state index contributed by atoms with van der Waals surface area (Å²) >= 11 is 0. The van der Waals surface area contributed by atoms with Gasteiger partial charge in [0.05, 0.1) is 19.0 Å². The summed E-state index contributed by atoms with van der Waals surface area (Å²) < 4.78 is 20.3. The van der Waals surface area contributed by atoms with Crippen LogP contribution in [-0.2, 0) is 4.74 Å². The number of fused-ring (bicyclic) bond motifs is 1. The van der Waals surface area contributed by atoms with Crippen molar-refractivity contribution in [3.05, 3.63) is 18.6 Å². The van der Waals surface area contributed by atoms with Crippen molar-refractivity contribution in [3.8, 4) is 0 Å². The monoisotopic (exact) mass is 254 g/mol. The van der Waals surface area contributed by atoms with Crippen LogP contribution in [0.15, 0.2) is 12.7 Å². The number of nitrogens with zero attached hydrogens (tertiary/aromatic N) is 4. The summed E-state index contributed by atoms with van der Waals surface area (Å²) in [6, 6.07) is 0. The van der Waals surface area contributed by atoms with Crippen molar-refractivity contribution in [2.24, 2.45) is 0 Å². The van der Waals surface area contributed by atoms with E-state index in [0.717, 1.165) is 6.33 Å². The van der Waals surface area contributed by atoms with Crippen LogP contribution >= 0.6 is 0 Å². The van der Waals surface area contributed by atoms with Gasteiger partial charge < -0.3 is 14.9 Å². The fourth-order valence-electron chi connectivity index (χ4n) is 2.08. The van der Waals surface area contributed by atoms with Gasteiger partial charge in [0.15, 0.2) is 11.2 Å². The molecule has 0 bridgehead atoms. The van der Waals surface area contributed by atoms with E-state index in [4.69, 9.17) is 9.84 Å². The molecule has 1 aliphatic heterocycles. The highest BCUT2D eigenvalue weighted by Gasteiger charge is 2.35. The first-order chi connectivity index (χ1) is 8.70. The summed E-state index contributed by atoms with van der Waals surface area (Å²) in [4.78, 5) is 11.2. The summed E-state index contributed by atoms with van der Waals surface area (Å²) in [7, 11) is 0. The van der Waals surface area contributed by atoms with E-state index >= 15 is 0 Å². The molecule has 0 aromatic carbocycles. The predicted molar refractivity (Wildman–Crippen MR) is 56.9 cm³/mol. The van der Waals surface area contributed by atoms with Crippen LogP contribution in [0, 0.1) is 5.95 Å². The van der Waals surface area contributed by atoms with Crippen LogP contribution in [0.1, 0.15) is 12.6 Å². The molecule has 3 heterocycles. The minimum Gasteiger partial charge on any atom is -0.394 e. The highest BCUT2D eigenvalue weighted by molar-refractivity contribution is 5.69. The summed E-state index contributed by atoms with van der Waals surface area (Å²) in [5.74, 6) is -0.698. The van der Waals surface area contributed by atoms with E-state index in [1.54, 1.807) is 0 Å². The number of halogens is 1. The molecule has 0 amide bonds. The zero-order chi connectivity index (χ0) is 12.7. The molecule has 1 saturated heterocycles. The topological polar surface area (TPSA) is 93.3 Å². The molecule has 2 aromatic heterocycles. The third-order valence-corrected chi connectivity index (χ3v) is 3.01. The minimum atomic E-state index is -0.760. The van der Waals surface area contributed by atoms with Crippen molar-refractivity contribution in [1.29, 1.82) is 0 Å². The van der Waals surface area contributed by atoms with Gasteiger partial charge in [-0.05, 0) is 0 Å². The smallest absolute Gasteiger partial charge is 0.244 e. The van der Waals surface area contributed by atoms with Crippen LogP contribution in [0.2, 0.25) is 0 Å². The van der Waals surface area contributed by atoms with Gasteiger partial charge in [0.25, 0.3) is 0 Å². The third kappa shape index (κ3) is 1.65. The molecule has 0 saturated carbocycles. The predicted octanol–water partition coefficient (Wildman–Crippen LogP) is -0.394. The number of imidazole rings is 1. The Balaban J connectivity index is 1.99. The van der Waals surface area contributed by atoms with Gasteiger partial charge in [-0.1, -0.05) is 0 Å². The average molecular weight is 254 g/mol. The summed E-state index contributed by atoms with van der Waals surface area (Å²) in [6.07, 6.45) is 0.867. The zero-order valence-corrected chi connectivity index (χ0v) is 9.27. The molecular formula is C10H11FN4O3. The number of aliphatic hydroxyl groups is 2. The lowest BCUT2D eigenvalue weighted by Gasteiger charge is -2.13. The summed E-state index contributed by atoms with van der Waals surface area (Å²) in [5, 5.41) is 18.7. The number of aliphatic hydroxyl groups excluding tert-OH is 2. The van der Waals surface area contributed by atoms with Crippen molar-refractivity contribution in [3.63, 3.8) is 0 Å². The van der Waals surface area contributed by atoms with Crippen molar-refractivity contribution < 1.29 is 19.3 Å². The second-order valence-electron chi connectivity index (χ2n) is 4.10. The maximum Gasteiger partial charge on any atom is 0.244 e. The first-order valence-corrected chi connectivity index (χ1v) is 5.48. The Bertz CT molecular complexity index is 575. The quantitative estimate of drug-likeness (QED) is 0.709. The standard InChI is InChI=1S/C10H11FN4O3/c11-9-8-10(13-3-12-9)15(4-14-8)7-1-5(17)6(2-16)18-7/h3-7,16-17H,1-2H2/t5-,6+,7+/m0/s1. The van der Waals surface area contributed by atoms with Gasteiger partial charge in [-0.3, -0.25) is 4.57 Å². The lowest BCUT2D eigenvalue weighted by Crippen LogP contribution is -2.24. The van der Waals surface area contributed by atoms with E-state index in [-0.39, 0.29) is 12.1 Å². The molecule has 2 N–H and O–H groups in total. The molecule has 2 aromatic rings. The number of hydrogen-bond acceptors (Lipinski definition) is 6. The van der Waals surface area contributed by atoms with Gasteiger partial charge in [0.2, 0.25) is 5.95 Å². The van der Waals surface area contributed by atoms with Crippen LogP contribution < -0.4 is 0 Å². The normalized spacial score (nSPS) is 28.1. The van der Waals surface area contributed by atoms with Gasteiger partial charge in [-0.25, -0.2) is 15.0 Å². The van der Waals surface area contributed by atoms with Gasteiger partial charge in [0.1, 0.15) is 18.7 Å². The Morgan fingerprint density at radius 1 is 1.44 bits per heavy atom. The van der Waals surface area contributed by atoms with Crippen LogP contribution in [0.5, 0.6) is 0 Å². The fourth-order valence-corrected chi connectivity index (χ4v) is 2.08. The maximum atomic E-state index is 13.3. The second kappa shape index (κ2) is 4.23. The first-order valence-electron chi connectivity index (χ1n) is 5.48. The Morgan fingerprint density at radius 3 is 3.00 bits per heavy atom. The third-order valence-electron chi connectivity index (χ3n) is 3.01. The fraction of sp³-hybridized carbons (Fsp3) is 0.500. The van der Waals surface area contributed by atoms with Crippen LogP contribution in [0.4, 0.5) is 4.39 Å². The summed E-state index contributed by atoms with van der Waals surface area (Å²) in [6.45, 7) is -0.270. The molecule has 0 unspecified atom stereocenters. The number of ether oxygens (including phenoxy) is 1. The van der Waals surface area contributed by atoms with Crippen LogP contribution in [0.3, 0.4) is 0 Å². The number of hydrogen-bond donors (Lipinski definition) is 2. The summed E-state index contributed by atoms with van der Waals surface area (Å²) in [5.41, 5.74) is 0.362. The van der Waals surface area contributed by atoms with E-state index in [0.29, 0.717) is 12.1 Å². The largest absolute Gasteiger partial charge is 0.394 e. The van der Waals surface area contributed by atoms with Crippen LogP contribution in [-0.4, -0.2) is 48.5 Å². The van der Waals surface area contributed by atoms with E-state index in [1.807, 2.05) is 0 Å². The highest BCUT2D eigenvalue weighted by atomic mass is 19.1. The lowest BCUT2D eigenvalue weighted by molar-refractivity contribution is -0.0432. The number of rotatable bonds is 2. The molecule has 8 heteroatoms. The molecule has 1 aliphatic rings. The molecule has 0 spiro atoms. The van der Waals surface area contributed by atoms with E-state index < -0.39 is 24.4 Å². The SMILES string of the molecule is OC[C@H]1O[C@@H](n2cnc3c(F)ncnc32)C[C@@H]1O. The van der Waals surface area contributed by atoms with Crippen molar-refractivity contribution in [2.75, 3.05) is 6.61 Å². The lowest BCUT2D eigenvalue weighted by atomic mass is 10.2. The second-order valence-corrected chi connectivity index (χ2v) is 4.10. The molecule has 0 radical (unpaired) electrons. The Labute approximate surface area is 101 Å².